The summed E-state index contributed by atoms with van der Waals surface area (Å²) in [5.74, 6) is -0.451. The molecule has 1 aromatic rings. The second kappa shape index (κ2) is 6.71. The summed E-state index contributed by atoms with van der Waals surface area (Å²) in [6, 6.07) is 3.73. The summed E-state index contributed by atoms with van der Waals surface area (Å²) >= 11 is 0. The van der Waals surface area contributed by atoms with Crippen LogP contribution in [0.15, 0.2) is 12.1 Å². The molecular formula is C18H26N2O3. The Hall–Kier alpha value is -1.88. The first-order valence-electron chi connectivity index (χ1n) is 8.09. The number of hydrogen-bond acceptors (Lipinski definition) is 4. The Kier molecular flexibility index (Phi) is 5.09. The lowest BCUT2D eigenvalue weighted by Gasteiger charge is -2.45. The summed E-state index contributed by atoms with van der Waals surface area (Å²) < 4.78 is 5.13. The SMILES string of the molecule is CCOC(=O)c1cc(C)cc(C)c1NC(=O)C1(N(C)C)CCC1. The van der Waals surface area contributed by atoms with Crippen molar-refractivity contribution in [3.05, 3.63) is 28.8 Å². The molecule has 0 aliphatic heterocycles. The predicted molar refractivity (Wildman–Crippen MR) is 90.8 cm³/mol. The van der Waals surface area contributed by atoms with Gasteiger partial charge in [0.05, 0.1) is 17.9 Å². The Labute approximate surface area is 138 Å². The number of benzene rings is 1. The highest BCUT2D eigenvalue weighted by molar-refractivity contribution is 6.05. The summed E-state index contributed by atoms with van der Waals surface area (Å²) in [6.45, 7) is 5.90. The first-order chi connectivity index (χ1) is 10.8. The van der Waals surface area contributed by atoms with Gasteiger partial charge in [0.1, 0.15) is 5.54 Å². The summed E-state index contributed by atoms with van der Waals surface area (Å²) in [7, 11) is 3.85. The number of aryl methyl sites for hydroxylation is 2. The van der Waals surface area contributed by atoms with Gasteiger partial charge in [0.2, 0.25) is 5.91 Å². The van der Waals surface area contributed by atoms with Gasteiger partial charge in [-0.15, -0.1) is 0 Å². The van der Waals surface area contributed by atoms with Crippen molar-refractivity contribution in [1.82, 2.24) is 4.90 Å². The Morgan fingerprint density at radius 3 is 2.39 bits per heavy atom. The number of esters is 1. The van der Waals surface area contributed by atoms with Gasteiger partial charge in [0.25, 0.3) is 0 Å². The molecule has 0 bridgehead atoms. The van der Waals surface area contributed by atoms with Gasteiger partial charge >= 0.3 is 5.97 Å². The molecule has 0 radical (unpaired) electrons. The summed E-state index contributed by atoms with van der Waals surface area (Å²) in [5.41, 5.74) is 2.35. The number of carbonyl (C=O) groups is 2. The number of anilines is 1. The molecule has 1 aliphatic rings. The first kappa shape index (κ1) is 17.5. The Bertz CT molecular complexity index is 619. The molecule has 5 nitrogen and oxygen atoms in total. The van der Waals surface area contributed by atoms with Crippen molar-refractivity contribution < 1.29 is 14.3 Å². The second-order valence-corrected chi connectivity index (χ2v) is 6.46. The van der Waals surface area contributed by atoms with Gasteiger partial charge in [0.15, 0.2) is 0 Å². The molecule has 0 spiro atoms. The zero-order valence-electron chi connectivity index (χ0n) is 14.7. The van der Waals surface area contributed by atoms with Crippen LogP contribution in [0, 0.1) is 13.8 Å². The van der Waals surface area contributed by atoms with Crippen LogP contribution in [0.3, 0.4) is 0 Å². The summed E-state index contributed by atoms with van der Waals surface area (Å²) in [4.78, 5) is 27.0. The Morgan fingerprint density at radius 2 is 1.91 bits per heavy atom. The van der Waals surface area contributed by atoms with Gasteiger partial charge in [0, 0.05) is 0 Å². The minimum atomic E-state index is -0.469. The Morgan fingerprint density at radius 1 is 1.26 bits per heavy atom. The van der Waals surface area contributed by atoms with Crippen LogP contribution in [-0.2, 0) is 9.53 Å². The van der Waals surface area contributed by atoms with Crippen LogP contribution in [0.25, 0.3) is 0 Å². The molecule has 126 valence electrons. The van der Waals surface area contributed by atoms with E-state index in [1.165, 1.54) is 0 Å². The average molecular weight is 318 g/mol. The van der Waals surface area contributed by atoms with Crippen LogP contribution in [0.2, 0.25) is 0 Å². The van der Waals surface area contributed by atoms with Crippen molar-refractivity contribution in [2.75, 3.05) is 26.0 Å². The predicted octanol–water partition coefficient (Wildman–Crippen LogP) is 2.90. The molecule has 0 aromatic heterocycles. The smallest absolute Gasteiger partial charge is 0.340 e. The van der Waals surface area contributed by atoms with Crippen LogP contribution >= 0.6 is 0 Å². The molecule has 5 heteroatoms. The van der Waals surface area contributed by atoms with Crippen molar-refractivity contribution in [3.63, 3.8) is 0 Å². The van der Waals surface area contributed by atoms with E-state index in [4.69, 9.17) is 4.74 Å². The van der Waals surface area contributed by atoms with Gasteiger partial charge in [-0.05, 0) is 71.3 Å². The topological polar surface area (TPSA) is 58.6 Å². The molecule has 1 fully saturated rings. The largest absolute Gasteiger partial charge is 0.462 e. The van der Waals surface area contributed by atoms with Crippen molar-refractivity contribution in [3.8, 4) is 0 Å². The number of rotatable bonds is 5. The molecule has 23 heavy (non-hydrogen) atoms. The summed E-state index contributed by atoms with van der Waals surface area (Å²) in [5, 5.41) is 2.99. The third-order valence-corrected chi connectivity index (χ3v) is 4.67. The van der Waals surface area contributed by atoms with E-state index in [2.05, 4.69) is 5.32 Å². The second-order valence-electron chi connectivity index (χ2n) is 6.46. The maximum absolute atomic E-state index is 12.8. The van der Waals surface area contributed by atoms with E-state index >= 15 is 0 Å². The fourth-order valence-electron chi connectivity index (χ4n) is 3.12. The molecule has 0 atom stereocenters. The maximum atomic E-state index is 12.8. The number of nitrogens with zero attached hydrogens (tertiary/aromatic N) is 1. The van der Waals surface area contributed by atoms with Crippen LogP contribution in [0.1, 0.15) is 47.7 Å². The van der Waals surface area contributed by atoms with Crippen LogP contribution < -0.4 is 5.32 Å². The number of nitrogens with one attached hydrogen (secondary N) is 1. The van der Waals surface area contributed by atoms with Crippen LogP contribution in [-0.4, -0.2) is 43.0 Å². The van der Waals surface area contributed by atoms with E-state index in [1.807, 2.05) is 38.9 Å². The number of ether oxygens (including phenoxy) is 1. The van der Waals surface area contributed by atoms with Crippen molar-refractivity contribution >= 4 is 17.6 Å². The lowest BCUT2D eigenvalue weighted by molar-refractivity contribution is -0.131. The van der Waals surface area contributed by atoms with Crippen molar-refractivity contribution in [1.29, 1.82) is 0 Å². The fraction of sp³-hybridized carbons (Fsp3) is 0.556. The van der Waals surface area contributed by atoms with Gasteiger partial charge in [-0.2, -0.15) is 0 Å². The number of amides is 1. The lowest BCUT2D eigenvalue weighted by atomic mass is 9.75. The number of likely N-dealkylation sites (N-methyl/N-ethyl adjacent to an activating group) is 1. The molecule has 1 aromatic carbocycles. The van der Waals surface area contributed by atoms with Gasteiger partial charge < -0.3 is 10.1 Å². The van der Waals surface area contributed by atoms with E-state index in [1.54, 1.807) is 13.0 Å². The molecule has 0 unspecified atom stereocenters. The molecule has 2 rings (SSSR count). The number of carbonyl (C=O) groups excluding carboxylic acids is 2. The molecule has 0 saturated heterocycles. The molecular weight excluding hydrogens is 292 g/mol. The zero-order chi connectivity index (χ0) is 17.2. The highest BCUT2D eigenvalue weighted by atomic mass is 16.5. The maximum Gasteiger partial charge on any atom is 0.340 e. The molecule has 1 saturated carbocycles. The van der Waals surface area contributed by atoms with Gasteiger partial charge in [-0.3, -0.25) is 9.69 Å². The van der Waals surface area contributed by atoms with Gasteiger partial charge in [-0.1, -0.05) is 6.07 Å². The first-order valence-corrected chi connectivity index (χ1v) is 8.09. The molecule has 1 aliphatic carbocycles. The van der Waals surface area contributed by atoms with Gasteiger partial charge in [-0.25, -0.2) is 4.79 Å². The minimum absolute atomic E-state index is 0.0498. The fourth-order valence-corrected chi connectivity index (χ4v) is 3.12. The standard InChI is InChI=1S/C18H26N2O3/c1-6-23-16(21)14-11-12(2)10-13(3)15(14)19-17(22)18(20(4)5)8-7-9-18/h10-11H,6-9H2,1-5H3,(H,19,22). The number of hydrogen-bond donors (Lipinski definition) is 1. The van der Waals surface area contributed by atoms with E-state index in [0.29, 0.717) is 17.9 Å². The lowest BCUT2D eigenvalue weighted by Crippen LogP contribution is -2.58. The van der Waals surface area contributed by atoms with E-state index in [0.717, 1.165) is 30.4 Å². The van der Waals surface area contributed by atoms with Crippen LogP contribution in [0.4, 0.5) is 5.69 Å². The highest BCUT2D eigenvalue weighted by Crippen LogP contribution is 2.38. The molecule has 1 amide bonds. The van der Waals surface area contributed by atoms with E-state index in [-0.39, 0.29) is 5.91 Å². The quantitative estimate of drug-likeness (QED) is 0.848. The van der Waals surface area contributed by atoms with E-state index < -0.39 is 11.5 Å². The van der Waals surface area contributed by atoms with E-state index in [9.17, 15) is 9.59 Å². The third kappa shape index (κ3) is 3.24. The van der Waals surface area contributed by atoms with Crippen molar-refractivity contribution in [2.45, 2.75) is 45.6 Å². The molecule has 1 N–H and O–H groups in total. The minimum Gasteiger partial charge on any atom is -0.462 e. The normalized spacial score (nSPS) is 15.9. The van der Waals surface area contributed by atoms with Crippen molar-refractivity contribution in [2.24, 2.45) is 0 Å². The van der Waals surface area contributed by atoms with Crippen LogP contribution in [0.5, 0.6) is 0 Å². The average Bonchev–Trinajstić information content (AvgIpc) is 2.39. The Balaban J connectivity index is 2.35. The highest BCUT2D eigenvalue weighted by Gasteiger charge is 2.46. The molecule has 0 heterocycles. The monoisotopic (exact) mass is 318 g/mol. The summed E-state index contributed by atoms with van der Waals surface area (Å²) in [6.07, 6.45) is 2.72. The third-order valence-electron chi connectivity index (χ3n) is 4.67. The zero-order valence-corrected chi connectivity index (χ0v) is 14.7.